The smallest absolute Gasteiger partial charge is 0.228 e. The van der Waals surface area contributed by atoms with Crippen LogP contribution in [0.2, 0.25) is 5.02 Å². The third-order valence-electron chi connectivity index (χ3n) is 4.28. The second-order valence-electron chi connectivity index (χ2n) is 5.97. The molecule has 0 unspecified atom stereocenters. The molecule has 1 aromatic carbocycles. The highest BCUT2D eigenvalue weighted by atomic mass is 35.5. The quantitative estimate of drug-likeness (QED) is 0.773. The van der Waals surface area contributed by atoms with Crippen molar-refractivity contribution in [2.75, 3.05) is 32.7 Å². The van der Waals surface area contributed by atoms with E-state index >= 15 is 0 Å². The van der Waals surface area contributed by atoms with Gasteiger partial charge in [0, 0.05) is 36.6 Å². The normalized spacial score (nSPS) is 15.4. The first-order valence-corrected chi connectivity index (χ1v) is 9.71. The summed E-state index contributed by atoms with van der Waals surface area (Å²) >= 11 is 7.38. The Balaban J connectivity index is 1.48. The summed E-state index contributed by atoms with van der Waals surface area (Å²) in [7, 11) is 0. The first kappa shape index (κ1) is 18.2. The third kappa shape index (κ3) is 5.17. The molecule has 2 heterocycles. The molecule has 1 aromatic heterocycles. The number of likely N-dealkylation sites (N-methyl/N-ethyl adjacent to an activating group) is 1. The van der Waals surface area contributed by atoms with Crippen molar-refractivity contribution in [3.05, 3.63) is 45.4 Å². The fourth-order valence-corrected chi connectivity index (χ4v) is 3.58. The topological polar surface area (TPSA) is 45.7 Å². The zero-order valence-corrected chi connectivity index (χ0v) is 15.9. The lowest BCUT2D eigenvalue weighted by molar-refractivity contribution is -0.132. The SMILES string of the molecule is CCN1CCN(C(=O)Cc2csc(COc3ccc(Cl)cc3)n2)CC1. The molecule has 0 aliphatic carbocycles. The van der Waals surface area contributed by atoms with Crippen molar-refractivity contribution < 1.29 is 9.53 Å². The fourth-order valence-electron chi connectivity index (χ4n) is 2.75. The number of carbonyl (C=O) groups is 1. The maximum absolute atomic E-state index is 12.4. The summed E-state index contributed by atoms with van der Waals surface area (Å²) in [6.45, 7) is 7.13. The van der Waals surface area contributed by atoms with Crippen LogP contribution >= 0.6 is 22.9 Å². The van der Waals surface area contributed by atoms with Crippen LogP contribution in [0.25, 0.3) is 0 Å². The van der Waals surface area contributed by atoms with Crippen LogP contribution in [0, 0.1) is 0 Å². The molecular weight excluding hydrogens is 358 g/mol. The molecule has 0 atom stereocenters. The van der Waals surface area contributed by atoms with Crippen molar-refractivity contribution in [3.8, 4) is 5.75 Å². The lowest BCUT2D eigenvalue weighted by Crippen LogP contribution is -2.48. The molecule has 0 spiro atoms. The number of hydrogen-bond acceptors (Lipinski definition) is 5. The van der Waals surface area contributed by atoms with Crippen LogP contribution in [0.1, 0.15) is 17.6 Å². The van der Waals surface area contributed by atoms with Gasteiger partial charge in [0.25, 0.3) is 0 Å². The maximum Gasteiger partial charge on any atom is 0.228 e. The Labute approximate surface area is 157 Å². The van der Waals surface area contributed by atoms with Gasteiger partial charge in [0.1, 0.15) is 17.4 Å². The van der Waals surface area contributed by atoms with Crippen LogP contribution in [0.15, 0.2) is 29.6 Å². The van der Waals surface area contributed by atoms with Gasteiger partial charge in [0.2, 0.25) is 5.91 Å². The van der Waals surface area contributed by atoms with Crippen LogP contribution < -0.4 is 4.74 Å². The summed E-state index contributed by atoms with van der Waals surface area (Å²) in [4.78, 5) is 21.2. The molecule has 1 aliphatic rings. The Morgan fingerprint density at radius 1 is 1.24 bits per heavy atom. The highest BCUT2D eigenvalue weighted by Gasteiger charge is 2.21. The molecule has 0 saturated carbocycles. The first-order chi connectivity index (χ1) is 12.1. The average molecular weight is 380 g/mol. The molecule has 134 valence electrons. The van der Waals surface area contributed by atoms with Crippen LogP contribution in [0.5, 0.6) is 5.75 Å². The number of aromatic nitrogens is 1. The van der Waals surface area contributed by atoms with Gasteiger partial charge in [0.15, 0.2) is 0 Å². The fraction of sp³-hybridized carbons (Fsp3) is 0.444. The van der Waals surface area contributed by atoms with Crippen molar-refractivity contribution in [2.24, 2.45) is 0 Å². The van der Waals surface area contributed by atoms with E-state index in [1.54, 1.807) is 12.1 Å². The Bertz CT molecular complexity index is 697. The number of piperazine rings is 1. The highest BCUT2D eigenvalue weighted by molar-refractivity contribution is 7.09. The minimum absolute atomic E-state index is 0.159. The largest absolute Gasteiger partial charge is 0.486 e. The Kier molecular flexibility index (Phi) is 6.29. The predicted octanol–water partition coefficient (Wildman–Crippen LogP) is 3.08. The standard InChI is InChI=1S/C18H22ClN3O2S/c1-2-21-7-9-22(10-8-21)18(23)11-15-13-25-17(20-15)12-24-16-5-3-14(19)4-6-16/h3-6,13H,2,7-12H2,1H3. The summed E-state index contributed by atoms with van der Waals surface area (Å²) in [5, 5.41) is 3.50. The number of benzene rings is 1. The molecular formula is C18H22ClN3O2S. The minimum Gasteiger partial charge on any atom is -0.486 e. The van der Waals surface area contributed by atoms with E-state index in [0.29, 0.717) is 18.1 Å². The summed E-state index contributed by atoms with van der Waals surface area (Å²) in [5.41, 5.74) is 0.822. The van der Waals surface area contributed by atoms with E-state index in [0.717, 1.165) is 49.2 Å². The summed E-state index contributed by atoms with van der Waals surface area (Å²) < 4.78 is 5.69. The van der Waals surface area contributed by atoms with Crippen molar-refractivity contribution in [1.29, 1.82) is 0 Å². The second-order valence-corrected chi connectivity index (χ2v) is 7.35. The number of rotatable bonds is 6. The molecule has 1 fully saturated rings. The second kappa shape index (κ2) is 8.65. The van der Waals surface area contributed by atoms with E-state index in [-0.39, 0.29) is 5.91 Å². The van der Waals surface area contributed by atoms with Gasteiger partial charge < -0.3 is 14.5 Å². The van der Waals surface area contributed by atoms with Gasteiger partial charge in [-0.3, -0.25) is 4.79 Å². The van der Waals surface area contributed by atoms with Crippen molar-refractivity contribution in [2.45, 2.75) is 20.0 Å². The monoisotopic (exact) mass is 379 g/mol. The van der Waals surface area contributed by atoms with Crippen molar-refractivity contribution in [1.82, 2.24) is 14.8 Å². The number of ether oxygens (including phenoxy) is 1. The van der Waals surface area contributed by atoms with Gasteiger partial charge in [-0.2, -0.15) is 0 Å². The summed E-state index contributed by atoms with van der Waals surface area (Å²) in [5.74, 6) is 0.914. The molecule has 0 radical (unpaired) electrons. The summed E-state index contributed by atoms with van der Waals surface area (Å²) in [6, 6.07) is 7.24. The first-order valence-electron chi connectivity index (χ1n) is 8.46. The van der Waals surface area contributed by atoms with Gasteiger partial charge in [-0.25, -0.2) is 4.98 Å². The van der Waals surface area contributed by atoms with Crippen LogP contribution in [-0.4, -0.2) is 53.4 Å². The number of amides is 1. The number of carbonyl (C=O) groups excluding carboxylic acids is 1. The number of thiazole rings is 1. The Morgan fingerprint density at radius 3 is 2.64 bits per heavy atom. The molecule has 25 heavy (non-hydrogen) atoms. The van der Waals surface area contributed by atoms with Gasteiger partial charge in [-0.15, -0.1) is 11.3 Å². The Morgan fingerprint density at radius 2 is 1.96 bits per heavy atom. The van der Waals surface area contributed by atoms with E-state index in [4.69, 9.17) is 16.3 Å². The van der Waals surface area contributed by atoms with Crippen molar-refractivity contribution >= 4 is 28.8 Å². The van der Waals surface area contributed by atoms with Gasteiger partial charge in [-0.05, 0) is 30.8 Å². The molecule has 0 N–H and O–H groups in total. The van der Waals surface area contributed by atoms with Gasteiger partial charge in [-0.1, -0.05) is 18.5 Å². The van der Waals surface area contributed by atoms with Gasteiger partial charge >= 0.3 is 0 Å². The predicted molar refractivity (Wildman–Crippen MR) is 100 cm³/mol. The van der Waals surface area contributed by atoms with E-state index in [1.165, 1.54) is 11.3 Å². The summed E-state index contributed by atoms with van der Waals surface area (Å²) in [6.07, 6.45) is 0.365. The molecule has 1 saturated heterocycles. The van der Waals surface area contributed by atoms with E-state index in [2.05, 4.69) is 16.8 Å². The number of halogens is 1. The van der Waals surface area contributed by atoms with E-state index in [1.807, 2.05) is 22.4 Å². The molecule has 3 rings (SSSR count). The van der Waals surface area contributed by atoms with Crippen LogP contribution in [0.3, 0.4) is 0 Å². The zero-order chi connectivity index (χ0) is 17.6. The van der Waals surface area contributed by atoms with E-state index in [9.17, 15) is 4.79 Å². The molecule has 5 nitrogen and oxygen atoms in total. The highest BCUT2D eigenvalue weighted by Crippen LogP contribution is 2.18. The number of hydrogen-bond donors (Lipinski definition) is 0. The molecule has 0 bridgehead atoms. The number of nitrogens with zero attached hydrogens (tertiary/aromatic N) is 3. The third-order valence-corrected chi connectivity index (χ3v) is 5.40. The van der Waals surface area contributed by atoms with E-state index < -0.39 is 0 Å². The molecule has 1 amide bonds. The lowest BCUT2D eigenvalue weighted by Gasteiger charge is -2.34. The zero-order valence-electron chi connectivity index (χ0n) is 14.3. The Hall–Kier alpha value is -1.63. The molecule has 2 aromatic rings. The van der Waals surface area contributed by atoms with Crippen LogP contribution in [-0.2, 0) is 17.8 Å². The molecule has 1 aliphatic heterocycles. The van der Waals surface area contributed by atoms with Gasteiger partial charge in [0.05, 0.1) is 12.1 Å². The van der Waals surface area contributed by atoms with Crippen molar-refractivity contribution in [3.63, 3.8) is 0 Å². The minimum atomic E-state index is 0.159. The lowest BCUT2D eigenvalue weighted by atomic mass is 10.2. The van der Waals surface area contributed by atoms with Crippen LogP contribution in [0.4, 0.5) is 0 Å². The molecule has 7 heteroatoms. The average Bonchev–Trinajstić information content (AvgIpc) is 3.08. The maximum atomic E-state index is 12.4.